The Bertz CT molecular complexity index is 3070. The smallest absolute Gasteiger partial charge is 0.0789 e. The molecule has 0 N–H and O–H groups in total. The van der Waals surface area contributed by atoms with E-state index in [1.807, 2.05) is 0 Å². The van der Waals surface area contributed by atoms with Crippen LogP contribution in [0.1, 0.15) is 0 Å². The van der Waals surface area contributed by atoms with Gasteiger partial charge in [0.2, 0.25) is 0 Å². The van der Waals surface area contributed by atoms with Crippen LogP contribution in [-0.2, 0) is 0 Å². The van der Waals surface area contributed by atoms with Gasteiger partial charge in [-0.2, -0.15) is 0 Å². The van der Waals surface area contributed by atoms with E-state index in [1.54, 1.807) is 0 Å². The van der Waals surface area contributed by atoms with Gasteiger partial charge in [-0.1, -0.05) is 146 Å². The molecule has 3 aromatic heterocycles. The van der Waals surface area contributed by atoms with Crippen LogP contribution in [-0.4, -0.2) is 13.7 Å². The third-order valence-corrected chi connectivity index (χ3v) is 10.8. The Kier molecular flexibility index (Phi) is 6.55. The van der Waals surface area contributed by atoms with E-state index >= 15 is 0 Å². The third kappa shape index (κ3) is 4.41. The molecular formula is C50H33N3. The zero-order valence-corrected chi connectivity index (χ0v) is 28.9. The molecule has 3 heterocycles. The highest BCUT2D eigenvalue weighted by molar-refractivity contribution is 6.22. The summed E-state index contributed by atoms with van der Waals surface area (Å²) in [6.45, 7) is 0. The van der Waals surface area contributed by atoms with Crippen LogP contribution in [0.15, 0.2) is 200 Å². The maximum Gasteiger partial charge on any atom is 0.0789 e. The molecule has 0 spiro atoms. The zero-order valence-electron chi connectivity index (χ0n) is 28.9. The van der Waals surface area contributed by atoms with Crippen molar-refractivity contribution in [3.63, 3.8) is 0 Å². The predicted molar refractivity (Wildman–Crippen MR) is 223 cm³/mol. The highest BCUT2D eigenvalue weighted by Crippen LogP contribution is 2.47. The minimum absolute atomic E-state index is 1.12. The molecule has 3 nitrogen and oxygen atoms in total. The Balaban J connectivity index is 1.26. The third-order valence-electron chi connectivity index (χ3n) is 10.8. The van der Waals surface area contributed by atoms with E-state index in [-0.39, 0.29) is 0 Å². The van der Waals surface area contributed by atoms with E-state index in [1.165, 1.54) is 76.9 Å². The molecule has 0 amide bonds. The first-order chi connectivity index (χ1) is 26.3. The molecule has 53 heavy (non-hydrogen) atoms. The lowest BCUT2D eigenvalue weighted by molar-refractivity contribution is 1.12. The molecule has 11 aromatic rings. The summed E-state index contributed by atoms with van der Waals surface area (Å²) in [4.78, 5) is 0. The van der Waals surface area contributed by atoms with Gasteiger partial charge in [-0.3, -0.25) is 0 Å². The molecule has 0 bridgehead atoms. The van der Waals surface area contributed by atoms with Crippen molar-refractivity contribution in [1.82, 2.24) is 13.7 Å². The van der Waals surface area contributed by atoms with Crippen LogP contribution in [0, 0.1) is 0 Å². The quantitative estimate of drug-likeness (QED) is 0.172. The minimum atomic E-state index is 1.12. The zero-order chi connectivity index (χ0) is 34.9. The number of hydrogen-bond acceptors (Lipinski definition) is 0. The van der Waals surface area contributed by atoms with Crippen molar-refractivity contribution in [2.75, 3.05) is 0 Å². The van der Waals surface area contributed by atoms with Crippen LogP contribution >= 0.6 is 0 Å². The van der Waals surface area contributed by atoms with Crippen molar-refractivity contribution >= 4 is 54.5 Å². The molecule has 0 radical (unpaired) electrons. The van der Waals surface area contributed by atoms with Crippen LogP contribution in [0.25, 0.3) is 94.0 Å². The normalized spacial score (nSPS) is 11.8. The summed E-state index contributed by atoms with van der Waals surface area (Å²) in [5.41, 5.74) is 14.2. The summed E-state index contributed by atoms with van der Waals surface area (Å²) in [6.07, 6.45) is 0. The Hall–Kier alpha value is -7.10. The van der Waals surface area contributed by atoms with E-state index in [2.05, 4.69) is 214 Å². The molecule has 0 aliphatic carbocycles. The van der Waals surface area contributed by atoms with Gasteiger partial charge < -0.3 is 13.7 Å². The van der Waals surface area contributed by atoms with Gasteiger partial charge in [-0.15, -0.1) is 0 Å². The number of hydrogen-bond donors (Lipinski definition) is 0. The maximum absolute atomic E-state index is 2.50. The maximum atomic E-state index is 2.50. The van der Waals surface area contributed by atoms with Gasteiger partial charge in [0, 0.05) is 49.6 Å². The van der Waals surface area contributed by atoms with E-state index in [4.69, 9.17) is 0 Å². The lowest BCUT2D eigenvalue weighted by Gasteiger charge is -2.15. The van der Waals surface area contributed by atoms with Crippen molar-refractivity contribution in [2.24, 2.45) is 0 Å². The molecule has 0 unspecified atom stereocenters. The van der Waals surface area contributed by atoms with Crippen molar-refractivity contribution in [3.05, 3.63) is 200 Å². The monoisotopic (exact) mass is 675 g/mol. The van der Waals surface area contributed by atoms with Crippen molar-refractivity contribution < 1.29 is 0 Å². The summed E-state index contributed by atoms with van der Waals surface area (Å²) in [6, 6.07) is 72.6. The highest BCUT2D eigenvalue weighted by Gasteiger charge is 2.26. The van der Waals surface area contributed by atoms with Gasteiger partial charge in [-0.05, 0) is 65.7 Å². The largest absolute Gasteiger partial charge is 0.309 e. The fourth-order valence-electron chi connectivity index (χ4n) is 8.64. The van der Waals surface area contributed by atoms with Gasteiger partial charge >= 0.3 is 0 Å². The number of para-hydroxylation sites is 4. The molecule has 0 aliphatic rings. The average molecular weight is 676 g/mol. The summed E-state index contributed by atoms with van der Waals surface area (Å²) in [5.74, 6) is 0. The second kappa shape index (κ2) is 11.7. The summed E-state index contributed by atoms with van der Waals surface area (Å²) < 4.78 is 7.36. The number of benzene rings is 8. The number of aromatic nitrogens is 3. The summed E-state index contributed by atoms with van der Waals surface area (Å²) >= 11 is 0. The first-order valence-corrected chi connectivity index (χ1v) is 18.2. The van der Waals surface area contributed by atoms with Crippen LogP contribution in [0.4, 0.5) is 0 Å². The molecule has 0 saturated carbocycles. The van der Waals surface area contributed by atoms with E-state index in [0.29, 0.717) is 0 Å². The predicted octanol–water partition coefficient (Wildman–Crippen LogP) is 13.2. The molecule has 3 heteroatoms. The Labute approximate surface area is 306 Å². The molecule has 0 saturated heterocycles. The number of fused-ring (bicyclic) bond motifs is 8. The first kappa shape index (κ1) is 29.6. The van der Waals surface area contributed by atoms with Crippen molar-refractivity contribution in [2.45, 2.75) is 0 Å². The lowest BCUT2D eigenvalue weighted by Crippen LogP contribution is -2.01. The van der Waals surface area contributed by atoms with Crippen LogP contribution in [0.3, 0.4) is 0 Å². The summed E-state index contributed by atoms with van der Waals surface area (Å²) in [5, 5.41) is 6.22. The molecule has 248 valence electrons. The Morgan fingerprint density at radius 1 is 0.245 bits per heavy atom. The fraction of sp³-hybridized carbons (Fsp3) is 0. The fourth-order valence-corrected chi connectivity index (χ4v) is 8.64. The second-order valence-electron chi connectivity index (χ2n) is 13.7. The Morgan fingerprint density at radius 2 is 0.642 bits per heavy atom. The van der Waals surface area contributed by atoms with Crippen molar-refractivity contribution in [3.8, 4) is 39.4 Å². The van der Waals surface area contributed by atoms with Crippen molar-refractivity contribution in [1.29, 1.82) is 0 Å². The molecule has 8 aromatic carbocycles. The topological polar surface area (TPSA) is 14.8 Å². The van der Waals surface area contributed by atoms with E-state index in [0.717, 1.165) is 17.1 Å². The number of nitrogens with zero attached hydrogens (tertiary/aromatic N) is 3. The molecule has 11 rings (SSSR count). The molecule has 0 fully saturated rings. The van der Waals surface area contributed by atoms with E-state index < -0.39 is 0 Å². The van der Waals surface area contributed by atoms with Gasteiger partial charge in [0.15, 0.2) is 0 Å². The minimum Gasteiger partial charge on any atom is -0.309 e. The second-order valence-corrected chi connectivity index (χ2v) is 13.7. The lowest BCUT2D eigenvalue weighted by atomic mass is 9.98. The van der Waals surface area contributed by atoms with Gasteiger partial charge in [0.05, 0.1) is 33.3 Å². The molecular weight excluding hydrogens is 643 g/mol. The summed E-state index contributed by atoms with van der Waals surface area (Å²) in [7, 11) is 0. The molecule has 0 atom stereocenters. The van der Waals surface area contributed by atoms with Gasteiger partial charge in [-0.25, -0.2) is 0 Å². The van der Waals surface area contributed by atoms with Crippen LogP contribution < -0.4 is 0 Å². The van der Waals surface area contributed by atoms with E-state index in [9.17, 15) is 0 Å². The van der Waals surface area contributed by atoms with Crippen LogP contribution in [0.2, 0.25) is 0 Å². The first-order valence-electron chi connectivity index (χ1n) is 18.2. The number of rotatable bonds is 5. The average Bonchev–Trinajstić information content (AvgIpc) is 3.88. The standard InChI is InChI=1S/C50H33N3/c1-4-16-34(17-5-1)47-43-33-32-42-41-24-12-15-27-46(41)52(49(42)50(43)53(36-20-8-3-9-21-36)48(47)35-18-6-2-7-19-35)38-30-28-37(29-31-38)51-44-25-13-10-22-39(44)40-23-11-14-26-45(40)51/h1-33H. The highest BCUT2D eigenvalue weighted by atomic mass is 15.1. The van der Waals surface area contributed by atoms with Gasteiger partial charge in [0.25, 0.3) is 0 Å². The Morgan fingerprint density at radius 3 is 1.23 bits per heavy atom. The molecule has 0 aliphatic heterocycles. The van der Waals surface area contributed by atoms with Gasteiger partial charge in [0.1, 0.15) is 0 Å². The SMILES string of the molecule is c1ccc(-c2c(-c3ccccc3)n(-c3ccccc3)c3c2ccc2c4ccccc4n(-c4ccc(-n5c6ccccc6c6ccccc65)cc4)c23)cc1. The van der Waals surface area contributed by atoms with Crippen LogP contribution in [0.5, 0.6) is 0 Å².